The number of thiophene rings is 1. The quantitative estimate of drug-likeness (QED) is 0.858. The first-order chi connectivity index (χ1) is 9.01. The van der Waals surface area contributed by atoms with Gasteiger partial charge in [-0.1, -0.05) is 6.92 Å². The molecule has 2 rings (SSSR count). The number of aromatic nitrogens is 1. The Labute approximate surface area is 120 Å². The number of hydrogen-bond acceptors (Lipinski definition) is 6. The molecular formula is C11H15N3O2S3. The zero-order valence-electron chi connectivity index (χ0n) is 10.6. The minimum absolute atomic E-state index is 0.313. The lowest BCUT2D eigenvalue weighted by Gasteiger charge is -2.01. The Morgan fingerprint density at radius 3 is 2.74 bits per heavy atom. The van der Waals surface area contributed by atoms with Crippen molar-refractivity contribution in [2.75, 3.05) is 11.3 Å². The molecule has 0 aliphatic heterocycles. The van der Waals surface area contributed by atoms with Gasteiger partial charge in [-0.15, -0.1) is 22.7 Å². The van der Waals surface area contributed by atoms with Crippen LogP contribution in [-0.4, -0.2) is 19.9 Å². The fourth-order valence-corrected chi connectivity index (χ4v) is 4.57. The molecule has 0 amide bonds. The molecule has 0 spiro atoms. The van der Waals surface area contributed by atoms with Gasteiger partial charge in [0, 0.05) is 11.9 Å². The van der Waals surface area contributed by atoms with Crippen molar-refractivity contribution < 1.29 is 8.42 Å². The van der Waals surface area contributed by atoms with Crippen LogP contribution in [0.25, 0.3) is 0 Å². The molecule has 2 heterocycles. The summed E-state index contributed by atoms with van der Waals surface area (Å²) in [5, 5.41) is 7.23. The number of anilines is 1. The van der Waals surface area contributed by atoms with Crippen LogP contribution in [-0.2, 0) is 16.6 Å². The fourth-order valence-electron chi connectivity index (χ4n) is 1.42. The molecule has 19 heavy (non-hydrogen) atoms. The Morgan fingerprint density at radius 1 is 1.32 bits per heavy atom. The number of nitrogens with zero attached hydrogens (tertiary/aromatic N) is 1. The number of aryl methyl sites for hydroxylation is 1. The second-order valence-electron chi connectivity index (χ2n) is 3.95. The van der Waals surface area contributed by atoms with Crippen LogP contribution in [0.1, 0.15) is 18.2 Å². The van der Waals surface area contributed by atoms with E-state index in [-0.39, 0.29) is 0 Å². The molecule has 0 unspecified atom stereocenters. The number of hydrogen-bond donors (Lipinski definition) is 2. The summed E-state index contributed by atoms with van der Waals surface area (Å²) >= 11 is 2.50. The van der Waals surface area contributed by atoms with E-state index >= 15 is 0 Å². The molecule has 8 heteroatoms. The van der Waals surface area contributed by atoms with Crippen LogP contribution in [0, 0.1) is 6.92 Å². The van der Waals surface area contributed by atoms with E-state index in [1.807, 2.05) is 24.6 Å². The lowest BCUT2D eigenvalue weighted by molar-refractivity contribution is 0.603. The molecule has 0 fully saturated rings. The van der Waals surface area contributed by atoms with Crippen LogP contribution in [0.4, 0.5) is 5.13 Å². The molecule has 0 saturated heterocycles. The van der Waals surface area contributed by atoms with Crippen molar-refractivity contribution in [2.24, 2.45) is 0 Å². The van der Waals surface area contributed by atoms with Crippen LogP contribution >= 0.6 is 22.7 Å². The third-order valence-corrected chi connectivity index (χ3v) is 6.15. The molecule has 0 atom stereocenters. The monoisotopic (exact) mass is 317 g/mol. The highest BCUT2D eigenvalue weighted by Gasteiger charge is 2.18. The van der Waals surface area contributed by atoms with Gasteiger partial charge in [0.25, 0.3) is 10.0 Å². The third kappa shape index (κ3) is 3.75. The van der Waals surface area contributed by atoms with Crippen LogP contribution in [0.2, 0.25) is 0 Å². The van der Waals surface area contributed by atoms with Gasteiger partial charge in [-0.2, -0.15) is 0 Å². The fraction of sp³-hybridized carbons (Fsp3) is 0.364. The lowest BCUT2D eigenvalue weighted by atomic mass is 10.3. The summed E-state index contributed by atoms with van der Waals surface area (Å²) in [6, 6.07) is 1.69. The normalized spacial score (nSPS) is 11.7. The van der Waals surface area contributed by atoms with Crippen molar-refractivity contribution in [3.8, 4) is 0 Å². The second kappa shape index (κ2) is 6.00. The maximum atomic E-state index is 12.1. The van der Waals surface area contributed by atoms with Crippen LogP contribution in [0.5, 0.6) is 0 Å². The molecule has 0 aromatic carbocycles. The van der Waals surface area contributed by atoms with Gasteiger partial charge in [0.05, 0.1) is 5.69 Å². The molecule has 0 saturated carbocycles. The molecule has 0 aliphatic rings. The van der Waals surface area contributed by atoms with E-state index in [2.05, 4.69) is 15.0 Å². The first kappa shape index (κ1) is 14.4. The van der Waals surface area contributed by atoms with Crippen molar-refractivity contribution in [2.45, 2.75) is 24.6 Å². The summed E-state index contributed by atoms with van der Waals surface area (Å²) in [4.78, 5) is 4.10. The summed E-state index contributed by atoms with van der Waals surface area (Å²) in [6.45, 7) is 5.37. The first-order valence-electron chi connectivity index (χ1n) is 5.74. The summed E-state index contributed by atoms with van der Waals surface area (Å²) in [7, 11) is -3.52. The van der Waals surface area contributed by atoms with E-state index in [0.29, 0.717) is 15.9 Å². The second-order valence-corrected chi connectivity index (χ2v) is 7.63. The van der Waals surface area contributed by atoms with Crippen molar-refractivity contribution in [1.82, 2.24) is 10.3 Å². The van der Waals surface area contributed by atoms with Crippen molar-refractivity contribution in [3.05, 3.63) is 28.1 Å². The van der Waals surface area contributed by atoms with E-state index < -0.39 is 10.0 Å². The Hall–Kier alpha value is -0.960. The minimum atomic E-state index is -3.52. The summed E-state index contributed by atoms with van der Waals surface area (Å²) < 4.78 is 27.1. The van der Waals surface area contributed by atoms with Crippen molar-refractivity contribution >= 4 is 37.8 Å². The predicted molar refractivity (Wildman–Crippen MR) is 79.4 cm³/mol. The van der Waals surface area contributed by atoms with Gasteiger partial charge in [-0.25, -0.2) is 13.4 Å². The number of sulfonamides is 1. The van der Waals surface area contributed by atoms with Crippen LogP contribution in [0.15, 0.2) is 21.0 Å². The average molecular weight is 317 g/mol. The van der Waals surface area contributed by atoms with Gasteiger partial charge in [-0.3, -0.25) is 4.72 Å². The van der Waals surface area contributed by atoms with Gasteiger partial charge < -0.3 is 5.32 Å². The van der Waals surface area contributed by atoms with Gasteiger partial charge in [0.1, 0.15) is 4.21 Å². The Kier molecular flexibility index (Phi) is 4.56. The minimum Gasteiger partial charge on any atom is -0.313 e. The highest BCUT2D eigenvalue weighted by molar-refractivity contribution is 7.94. The molecule has 2 N–H and O–H groups in total. The van der Waals surface area contributed by atoms with Crippen molar-refractivity contribution in [3.63, 3.8) is 0 Å². The maximum Gasteiger partial charge on any atom is 0.273 e. The Balaban J connectivity index is 2.13. The number of rotatable bonds is 6. The standard InChI is InChI=1S/C11H15N3O2S3/c1-3-12-5-9-4-10(17-7-9)19(15,16)14-11-13-8(2)6-18-11/h4,6-7,12H,3,5H2,1-2H3,(H,13,14). The summed E-state index contributed by atoms with van der Waals surface area (Å²) in [6.07, 6.45) is 0. The van der Waals surface area contributed by atoms with Gasteiger partial charge in [0.2, 0.25) is 0 Å². The molecule has 0 aliphatic carbocycles. The largest absolute Gasteiger partial charge is 0.313 e. The third-order valence-electron chi connectivity index (χ3n) is 2.31. The van der Waals surface area contributed by atoms with Gasteiger partial charge in [0.15, 0.2) is 5.13 Å². The molecule has 104 valence electrons. The maximum absolute atomic E-state index is 12.1. The van der Waals surface area contributed by atoms with Gasteiger partial charge >= 0.3 is 0 Å². The van der Waals surface area contributed by atoms with E-state index in [4.69, 9.17) is 0 Å². The zero-order chi connectivity index (χ0) is 13.9. The topological polar surface area (TPSA) is 71.1 Å². The SMILES string of the molecule is CCNCc1csc(S(=O)(=O)Nc2nc(C)cs2)c1. The molecule has 2 aromatic heterocycles. The Bertz CT molecular complexity index is 646. The molecule has 5 nitrogen and oxygen atoms in total. The van der Waals surface area contributed by atoms with E-state index in [9.17, 15) is 8.42 Å². The highest BCUT2D eigenvalue weighted by Crippen LogP contribution is 2.24. The molecule has 0 bridgehead atoms. The zero-order valence-corrected chi connectivity index (χ0v) is 13.1. The van der Waals surface area contributed by atoms with E-state index in [0.717, 1.165) is 17.8 Å². The summed E-state index contributed by atoms with van der Waals surface area (Å²) in [5.74, 6) is 0. The predicted octanol–water partition coefficient (Wildman–Crippen LogP) is 2.42. The molecular weight excluding hydrogens is 302 g/mol. The average Bonchev–Trinajstić information content (AvgIpc) is 2.95. The van der Waals surface area contributed by atoms with Crippen molar-refractivity contribution in [1.29, 1.82) is 0 Å². The van der Waals surface area contributed by atoms with Crippen LogP contribution < -0.4 is 10.0 Å². The molecule has 2 aromatic rings. The number of nitrogens with one attached hydrogen (secondary N) is 2. The lowest BCUT2D eigenvalue weighted by Crippen LogP contribution is -2.12. The van der Waals surface area contributed by atoms with E-state index in [1.165, 1.54) is 22.7 Å². The number of thiazole rings is 1. The van der Waals surface area contributed by atoms with Gasteiger partial charge in [-0.05, 0) is 30.5 Å². The van der Waals surface area contributed by atoms with Crippen LogP contribution in [0.3, 0.4) is 0 Å². The Morgan fingerprint density at radius 2 is 2.11 bits per heavy atom. The molecule has 0 radical (unpaired) electrons. The summed E-state index contributed by atoms with van der Waals surface area (Å²) in [5.41, 5.74) is 1.78. The van der Waals surface area contributed by atoms with E-state index in [1.54, 1.807) is 6.07 Å². The smallest absolute Gasteiger partial charge is 0.273 e. The first-order valence-corrected chi connectivity index (χ1v) is 8.98. The highest BCUT2D eigenvalue weighted by atomic mass is 32.2.